The summed E-state index contributed by atoms with van der Waals surface area (Å²) in [6.45, 7) is 3.42. The Balaban J connectivity index is 1.84. The van der Waals surface area contributed by atoms with Crippen LogP contribution in [0.5, 0.6) is 5.75 Å². The summed E-state index contributed by atoms with van der Waals surface area (Å²) in [6.07, 6.45) is 2.70. The molecule has 0 radical (unpaired) electrons. The summed E-state index contributed by atoms with van der Waals surface area (Å²) in [5.74, 6) is -0.919. The maximum absolute atomic E-state index is 12.3. The molecule has 7 nitrogen and oxygen atoms in total. The molecule has 0 aliphatic heterocycles. The Morgan fingerprint density at radius 3 is 2.67 bits per heavy atom. The summed E-state index contributed by atoms with van der Waals surface area (Å²) < 4.78 is 11.3. The lowest BCUT2D eigenvalue weighted by atomic mass is 9.90. The number of hydrogen-bond acceptors (Lipinski definition) is 5. The van der Waals surface area contributed by atoms with Crippen LogP contribution in [0.25, 0.3) is 11.0 Å². The third kappa shape index (κ3) is 3.97. The second kappa shape index (κ2) is 7.82. The molecule has 0 spiro atoms. The van der Waals surface area contributed by atoms with E-state index in [2.05, 4.69) is 5.32 Å². The van der Waals surface area contributed by atoms with E-state index < -0.39 is 18.0 Å². The van der Waals surface area contributed by atoms with Crippen molar-refractivity contribution in [2.24, 2.45) is 0 Å². The second-order valence-corrected chi connectivity index (χ2v) is 6.81. The number of rotatable bonds is 6. The molecule has 0 saturated carbocycles. The molecule has 1 unspecified atom stereocenters. The SMILES string of the molecule is Cc1c(OC(C)C(=O)NCCC(=O)O)ccc2c3c(c(=O)oc12)CCCC3. The number of carboxylic acid groups (broad SMARTS) is 1. The van der Waals surface area contributed by atoms with Crippen LogP contribution in [-0.4, -0.2) is 29.6 Å². The predicted molar refractivity (Wildman–Crippen MR) is 99.2 cm³/mol. The van der Waals surface area contributed by atoms with E-state index in [-0.39, 0.29) is 18.6 Å². The highest BCUT2D eigenvalue weighted by atomic mass is 16.5. The molecular weight excluding hydrogens is 350 g/mol. The first-order chi connectivity index (χ1) is 12.9. The van der Waals surface area contributed by atoms with Crippen molar-refractivity contribution in [3.05, 3.63) is 39.2 Å². The number of carbonyl (C=O) groups is 2. The van der Waals surface area contributed by atoms with E-state index in [1.165, 1.54) is 0 Å². The van der Waals surface area contributed by atoms with Gasteiger partial charge >= 0.3 is 11.6 Å². The van der Waals surface area contributed by atoms with Crippen molar-refractivity contribution in [3.63, 3.8) is 0 Å². The number of carboxylic acids is 1. The largest absolute Gasteiger partial charge is 0.481 e. The maximum atomic E-state index is 12.3. The molecule has 7 heteroatoms. The van der Waals surface area contributed by atoms with Crippen LogP contribution < -0.4 is 15.7 Å². The number of aryl methyl sites for hydroxylation is 2. The zero-order valence-corrected chi connectivity index (χ0v) is 15.5. The smallest absolute Gasteiger partial charge is 0.339 e. The molecule has 1 aliphatic carbocycles. The van der Waals surface area contributed by atoms with Gasteiger partial charge in [0.2, 0.25) is 0 Å². The molecule has 0 saturated heterocycles. The number of ether oxygens (including phenoxy) is 1. The topological polar surface area (TPSA) is 106 Å². The van der Waals surface area contributed by atoms with E-state index >= 15 is 0 Å². The molecule has 1 aliphatic rings. The van der Waals surface area contributed by atoms with Crippen LogP contribution in [-0.2, 0) is 22.4 Å². The highest BCUT2D eigenvalue weighted by Gasteiger charge is 2.21. The van der Waals surface area contributed by atoms with E-state index in [0.29, 0.717) is 16.9 Å². The van der Waals surface area contributed by atoms with Crippen molar-refractivity contribution in [1.82, 2.24) is 5.32 Å². The Morgan fingerprint density at radius 1 is 1.26 bits per heavy atom. The van der Waals surface area contributed by atoms with E-state index in [4.69, 9.17) is 14.3 Å². The first-order valence-electron chi connectivity index (χ1n) is 9.12. The molecule has 2 N–H and O–H groups in total. The van der Waals surface area contributed by atoms with E-state index in [1.807, 2.05) is 6.07 Å². The van der Waals surface area contributed by atoms with Gasteiger partial charge in [-0.2, -0.15) is 0 Å². The Kier molecular flexibility index (Phi) is 5.48. The van der Waals surface area contributed by atoms with Gasteiger partial charge < -0.3 is 19.6 Å². The van der Waals surface area contributed by atoms with Gasteiger partial charge in [0.15, 0.2) is 6.10 Å². The number of fused-ring (bicyclic) bond motifs is 3. The fraction of sp³-hybridized carbons (Fsp3) is 0.450. The number of amides is 1. The Hall–Kier alpha value is -2.83. The van der Waals surface area contributed by atoms with Gasteiger partial charge in [0.05, 0.1) is 6.42 Å². The molecule has 0 bridgehead atoms. The summed E-state index contributed by atoms with van der Waals surface area (Å²) >= 11 is 0. The Bertz CT molecular complexity index is 946. The van der Waals surface area contributed by atoms with Crippen molar-refractivity contribution < 1.29 is 23.8 Å². The van der Waals surface area contributed by atoms with Gasteiger partial charge in [-0.05, 0) is 57.2 Å². The maximum Gasteiger partial charge on any atom is 0.339 e. The highest BCUT2D eigenvalue weighted by Crippen LogP contribution is 2.32. The van der Waals surface area contributed by atoms with Crippen LogP contribution in [0.3, 0.4) is 0 Å². The highest BCUT2D eigenvalue weighted by molar-refractivity contribution is 5.86. The molecule has 144 valence electrons. The summed E-state index contributed by atoms with van der Waals surface area (Å²) in [5.41, 5.74) is 2.70. The minimum Gasteiger partial charge on any atom is -0.481 e. The van der Waals surface area contributed by atoms with Gasteiger partial charge in [0, 0.05) is 23.1 Å². The van der Waals surface area contributed by atoms with Crippen molar-refractivity contribution >= 4 is 22.8 Å². The average Bonchev–Trinajstić information content (AvgIpc) is 2.64. The number of aliphatic carboxylic acids is 1. The molecule has 2 aromatic rings. The van der Waals surface area contributed by atoms with E-state index in [9.17, 15) is 14.4 Å². The molecule has 1 aromatic carbocycles. The van der Waals surface area contributed by atoms with Gasteiger partial charge in [-0.25, -0.2) is 4.79 Å². The minimum absolute atomic E-state index is 0.0413. The van der Waals surface area contributed by atoms with Crippen LogP contribution >= 0.6 is 0 Å². The third-order valence-electron chi connectivity index (χ3n) is 4.90. The van der Waals surface area contributed by atoms with Crippen LogP contribution in [0, 0.1) is 6.92 Å². The van der Waals surface area contributed by atoms with Gasteiger partial charge in [-0.3, -0.25) is 9.59 Å². The van der Waals surface area contributed by atoms with Crippen molar-refractivity contribution in [3.8, 4) is 5.75 Å². The molecular formula is C20H23NO6. The molecule has 0 fully saturated rings. The third-order valence-corrected chi connectivity index (χ3v) is 4.90. The number of hydrogen-bond donors (Lipinski definition) is 2. The van der Waals surface area contributed by atoms with Crippen LogP contribution in [0.15, 0.2) is 21.3 Å². The fourth-order valence-electron chi connectivity index (χ4n) is 3.43. The molecule has 27 heavy (non-hydrogen) atoms. The second-order valence-electron chi connectivity index (χ2n) is 6.81. The van der Waals surface area contributed by atoms with Crippen LogP contribution in [0.1, 0.15) is 42.9 Å². The van der Waals surface area contributed by atoms with Crippen LogP contribution in [0.2, 0.25) is 0 Å². The summed E-state index contributed by atoms with van der Waals surface area (Å²) in [7, 11) is 0. The minimum atomic E-state index is -0.979. The van der Waals surface area contributed by atoms with Crippen molar-refractivity contribution in [1.29, 1.82) is 0 Å². The molecule has 1 amide bonds. The average molecular weight is 373 g/mol. The lowest BCUT2D eigenvalue weighted by Crippen LogP contribution is -2.37. The molecule has 1 aromatic heterocycles. The quantitative estimate of drug-likeness (QED) is 0.753. The van der Waals surface area contributed by atoms with E-state index in [1.54, 1.807) is 19.9 Å². The van der Waals surface area contributed by atoms with Crippen molar-refractivity contribution in [2.75, 3.05) is 6.54 Å². The summed E-state index contributed by atoms with van der Waals surface area (Å²) in [4.78, 5) is 34.9. The van der Waals surface area contributed by atoms with Gasteiger partial charge in [-0.1, -0.05) is 0 Å². The lowest BCUT2D eigenvalue weighted by molar-refractivity contribution is -0.137. The Labute approximate surface area is 156 Å². The normalized spacial score (nSPS) is 14.4. The number of nitrogens with one attached hydrogen (secondary N) is 1. The number of benzene rings is 1. The summed E-state index contributed by atoms with van der Waals surface area (Å²) in [5, 5.41) is 12.1. The molecule has 1 heterocycles. The number of carbonyl (C=O) groups excluding carboxylic acids is 1. The Morgan fingerprint density at radius 2 is 1.96 bits per heavy atom. The van der Waals surface area contributed by atoms with E-state index in [0.717, 1.165) is 42.2 Å². The summed E-state index contributed by atoms with van der Waals surface area (Å²) in [6, 6.07) is 3.66. The lowest BCUT2D eigenvalue weighted by Gasteiger charge is -2.19. The first-order valence-corrected chi connectivity index (χ1v) is 9.12. The van der Waals surface area contributed by atoms with Crippen LogP contribution in [0.4, 0.5) is 0 Å². The first kappa shape index (κ1) is 18.9. The standard InChI is InChI=1S/C20H23NO6/c1-11-16(26-12(2)19(24)21-10-9-17(22)23)8-7-14-13-5-3-4-6-15(13)20(25)27-18(11)14/h7-8,12H,3-6,9-10H2,1-2H3,(H,21,24)(H,22,23). The van der Waals surface area contributed by atoms with Crippen molar-refractivity contribution in [2.45, 2.75) is 52.1 Å². The van der Waals surface area contributed by atoms with Gasteiger partial charge in [0.1, 0.15) is 11.3 Å². The zero-order chi connectivity index (χ0) is 19.6. The van der Waals surface area contributed by atoms with Gasteiger partial charge in [-0.15, -0.1) is 0 Å². The zero-order valence-electron chi connectivity index (χ0n) is 15.5. The van der Waals surface area contributed by atoms with Gasteiger partial charge in [0.25, 0.3) is 5.91 Å². The molecule has 1 atom stereocenters. The predicted octanol–water partition coefficient (Wildman–Crippen LogP) is 2.34. The molecule has 3 rings (SSSR count). The monoisotopic (exact) mass is 373 g/mol. The fourth-order valence-corrected chi connectivity index (χ4v) is 3.43.